The van der Waals surface area contributed by atoms with Crippen LogP contribution in [0.1, 0.15) is 17.3 Å². The number of hydrogen-bond acceptors (Lipinski definition) is 5. The third-order valence-corrected chi connectivity index (χ3v) is 5.12. The first-order chi connectivity index (χ1) is 11.3. The molecule has 0 saturated carbocycles. The molecule has 0 aliphatic heterocycles. The first-order valence-electron chi connectivity index (χ1n) is 7.13. The number of benzene rings is 2. The molecule has 0 saturated heterocycles. The Balaban J connectivity index is 2.41. The van der Waals surface area contributed by atoms with Gasteiger partial charge in [0.25, 0.3) is 10.0 Å². The number of esters is 1. The highest BCUT2D eigenvalue weighted by Gasteiger charge is 2.27. The summed E-state index contributed by atoms with van der Waals surface area (Å²) >= 11 is 0. The average molecular weight is 347 g/mol. The van der Waals surface area contributed by atoms with Crippen LogP contribution >= 0.6 is 0 Å². The molecule has 0 aliphatic carbocycles. The van der Waals surface area contributed by atoms with Crippen molar-refractivity contribution in [3.8, 4) is 0 Å². The Morgan fingerprint density at radius 1 is 1.00 bits per heavy atom. The number of hydrogen-bond donors (Lipinski definition) is 0. The maximum Gasteiger partial charge on any atom is 0.339 e. The van der Waals surface area contributed by atoms with Crippen molar-refractivity contribution in [3.63, 3.8) is 0 Å². The van der Waals surface area contributed by atoms with Crippen LogP contribution in [0.4, 0.5) is 5.69 Å². The van der Waals surface area contributed by atoms with Crippen molar-refractivity contribution in [2.24, 2.45) is 0 Å². The molecule has 0 spiro atoms. The molecule has 0 aromatic heterocycles. The molecule has 0 aliphatic rings. The molecule has 2 aromatic carbocycles. The van der Waals surface area contributed by atoms with E-state index in [1.54, 1.807) is 30.3 Å². The summed E-state index contributed by atoms with van der Waals surface area (Å²) in [7, 11) is -2.55. The number of sulfonamides is 1. The smallest absolute Gasteiger partial charge is 0.339 e. The Bertz CT molecular complexity index is 846. The molecule has 0 unspecified atom stereocenters. The van der Waals surface area contributed by atoms with Gasteiger partial charge < -0.3 is 4.74 Å². The topological polar surface area (TPSA) is 80.8 Å². The maximum absolute atomic E-state index is 12.8. The highest BCUT2D eigenvalue weighted by molar-refractivity contribution is 7.92. The molecule has 0 atom stereocenters. The Hall–Kier alpha value is -2.67. The van der Waals surface area contributed by atoms with Crippen LogP contribution in [-0.2, 0) is 19.6 Å². The summed E-state index contributed by atoms with van der Waals surface area (Å²) in [4.78, 5) is 22.9. The summed E-state index contributed by atoms with van der Waals surface area (Å²) < 4.78 is 31.6. The fourth-order valence-corrected chi connectivity index (χ4v) is 3.40. The van der Waals surface area contributed by atoms with Crippen LogP contribution in [0.3, 0.4) is 0 Å². The summed E-state index contributed by atoms with van der Waals surface area (Å²) in [6, 6.07) is 14.2. The van der Waals surface area contributed by atoms with E-state index in [1.807, 2.05) is 0 Å². The minimum Gasteiger partial charge on any atom is -0.454 e. The molecule has 0 N–H and O–H groups in total. The standard InChI is InChI=1S/C17H17NO5S/c1-13(19)12-23-17(20)15-10-6-7-11-16(15)24(21,22)18(2)14-8-4-3-5-9-14/h3-11H,12H2,1-2H3. The lowest BCUT2D eigenvalue weighted by molar-refractivity contribution is -0.120. The van der Waals surface area contributed by atoms with Crippen molar-refractivity contribution in [1.29, 1.82) is 0 Å². The third kappa shape index (κ3) is 3.80. The number of ether oxygens (including phenoxy) is 1. The fourth-order valence-electron chi connectivity index (χ4n) is 2.03. The van der Waals surface area contributed by atoms with Gasteiger partial charge in [-0.2, -0.15) is 0 Å². The van der Waals surface area contributed by atoms with Gasteiger partial charge in [-0.1, -0.05) is 30.3 Å². The van der Waals surface area contributed by atoms with E-state index < -0.39 is 22.6 Å². The lowest BCUT2D eigenvalue weighted by Gasteiger charge is -2.20. The van der Waals surface area contributed by atoms with Gasteiger partial charge in [-0.25, -0.2) is 13.2 Å². The lowest BCUT2D eigenvalue weighted by Crippen LogP contribution is -2.28. The summed E-state index contributed by atoms with van der Waals surface area (Å²) in [5, 5.41) is 0. The zero-order valence-corrected chi connectivity index (χ0v) is 14.1. The molecule has 0 radical (unpaired) electrons. The van der Waals surface area contributed by atoms with Gasteiger partial charge in [0, 0.05) is 7.05 Å². The van der Waals surface area contributed by atoms with E-state index >= 15 is 0 Å². The van der Waals surface area contributed by atoms with Crippen LogP contribution < -0.4 is 4.31 Å². The Morgan fingerprint density at radius 2 is 1.58 bits per heavy atom. The van der Waals surface area contributed by atoms with Gasteiger partial charge in [-0.05, 0) is 31.2 Å². The predicted molar refractivity (Wildman–Crippen MR) is 89.4 cm³/mol. The zero-order chi connectivity index (χ0) is 17.7. The molecule has 24 heavy (non-hydrogen) atoms. The van der Waals surface area contributed by atoms with Crippen molar-refractivity contribution in [1.82, 2.24) is 0 Å². The lowest BCUT2D eigenvalue weighted by atomic mass is 10.2. The molecule has 126 valence electrons. The van der Waals surface area contributed by atoms with Gasteiger partial charge >= 0.3 is 5.97 Å². The molecule has 0 fully saturated rings. The van der Waals surface area contributed by atoms with Crippen LogP contribution in [0.25, 0.3) is 0 Å². The quantitative estimate of drug-likeness (QED) is 0.749. The number of rotatable bonds is 6. The molecule has 0 heterocycles. The highest BCUT2D eigenvalue weighted by atomic mass is 32.2. The highest BCUT2D eigenvalue weighted by Crippen LogP contribution is 2.24. The van der Waals surface area contributed by atoms with Gasteiger partial charge in [-0.15, -0.1) is 0 Å². The third-order valence-electron chi connectivity index (χ3n) is 3.27. The largest absolute Gasteiger partial charge is 0.454 e. The van der Waals surface area contributed by atoms with Gasteiger partial charge in [0.15, 0.2) is 5.78 Å². The fraction of sp³-hybridized carbons (Fsp3) is 0.176. The molecule has 6 nitrogen and oxygen atoms in total. The molecule has 2 rings (SSSR count). The Kier molecular flexibility index (Phi) is 5.35. The number of para-hydroxylation sites is 1. The van der Waals surface area contributed by atoms with Crippen molar-refractivity contribution in [2.45, 2.75) is 11.8 Å². The summed E-state index contributed by atoms with van der Waals surface area (Å²) in [6.45, 7) is 0.876. The van der Waals surface area contributed by atoms with Crippen molar-refractivity contribution in [3.05, 3.63) is 60.2 Å². The van der Waals surface area contributed by atoms with Gasteiger partial charge in [-0.3, -0.25) is 9.10 Å². The van der Waals surface area contributed by atoms with Crippen LogP contribution in [-0.4, -0.2) is 33.8 Å². The number of ketones is 1. The van der Waals surface area contributed by atoms with E-state index in [0.29, 0.717) is 5.69 Å². The number of anilines is 1. The van der Waals surface area contributed by atoms with Crippen LogP contribution in [0.2, 0.25) is 0 Å². The first-order valence-corrected chi connectivity index (χ1v) is 8.57. The molecular formula is C17H17NO5S. The minimum absolute atomic E-state index is 0.110. The van der Waals surface area contributed by atoms with Gasteiger partial charge in [0.2, 0.25) is 0 Å². The Morgan fingerprint density at radius 3 is 2.21 bits per heavy atom. The van der Waals surface area contributed by atoms with Crippen LogP contribution in [0.5, 0.6) is 0 Å². The molecule has 2 aromatic rings. The van der Waals surface area contributed by atoms with E-state index in [0.717, 1.165) is 4.31 Å². The Labute approximate surface area is 140 Å². The minimum atomic E-state index is -3.96. The zero-order valence-electron chi connectivity index (χ0n) is 13.3. The second kappa shape index (κ2) is 7.27. The summed E-state index contributed by atoms with van der Waals surface area (Å²) in [5.41, 5.74) is 0.353. The van der Waals surface area contributed by atoms with Gasteiger partial charge in [0.05, 0.1) is 11.3 Å². The number of Topliss-reactive ketones (excluding diaryl/α,β-unsaturated/α-hetero) is 1. The summed E-state index contributed by atoms with van der Waals surface area (Å²) in [5.74, 6) is -1.18. The van der Waals surface area contributed by atoms with Crippen LogP contribution in [0.15, 0.2) is 59.5 Å². The number of nitrogens with zero attached hydrogens (tertiary/aromatic N) is 1. The number of carbonyl (C=O) groups excluding carboxylic acids is 2. The van der Waals surface area contributed by atoms with Gasteiger partial charge in [0.1, 0.15) is 11.5 Å². The maximum atomic E-state index is 12.8. The first kappa shape index (κ1) is 17.7. The molecule has 7 heteroatoms. The van der Waals surface area contributed by atoms with Crippen molar-refractivity contribution in [2.75, 3.05) is 18.0 Å². The molecular weight excluding hydrogens is 330 g/mol. The monoisotopic (exact) mass is 347 g/mol. The normalized spacial score (nSPS) is 10.9. The second-order valence-electron chi connectivity index (χ2n) is 5.08. The number of carbonyl (C=O) groups is 2. The second-order valence-corrected chi connectivity index (χ2v) is 7.02. The van der Waals surface area contributed by atoms with E-state index in [4.69, 9.17) is 4.74 Å². The average Bonchev–Trinajstić information content (AvgIpc) is 2.59. The predicted octanol–water partition coefficient (Wildman–Crippen LogP) is 2.26. The van der Waals surface area contributed by atoms with Crippen molar-refractivity contribution >= 4 is 27.5 Å². The van der Waals surface area contributed by atoms with E-state index in [1.165, 1.54) is 38.2 Å². The van der Waals surface area contributed by atoms with E-state index in [9.17, 15) is 18.0 Å². The van der Waals surface area contributed by atoms with E-state index in [-0.39, 0.29) is 16.2 Å². The van der Waals surface area contributed by atoms with Crippen LogP contribution in [0, 0.1) is 0 Å². The SMILES string of the molecule is CC(=O)COC(=O)c1ccccc1S(=O)(=O)N(C)c1ccccc1. The molecule has 0 amide bonds. The van der Waals surface area contributed by atoms with E-state index in [2.05, 4.69) is 0 Å². The summed E-state index contributed by atoms with van der Waals surface area (Å²) in [6.07, 6.45) is 0. The molecule has 0 bridgehead atoms. The van der Waals surface area contributed by atoms with Crippen molar-refractivity contribution < 1.29 is 22.7 Å².